The first-order valence-corrected chi connectivity index (χ1v) is 9.13. The first kappa shape index (κ1) is 18.1. The highest BCUT2D eigenvalue weighted by Crippen LogP contribution is 2.29. The Bertz CT molecular complexity index is 636. The van der Waals surface area contributed by atoms with E-state index in [-0.39, 0.29) is 11.8 Å². The standard InChI is InChI=1S/C18H29N5O2/c1-5-7-21(4)17(24)15-11-22-8-6-13(15)9-14(22)10-23-12-16(19-20-23)18(2,3)25/h5,12-15,25H,1,6-11H2,2-4H3/p+1/t13-,14-,15+/m1/s1. The molecule has 2 bridgehead atoms. The van der Waals surface area contributed by atoms with Crippen LogP contribution in [0.4, 0.5) is 0 Å². The number of hydrogen-bond acceptors (Lipinski definition) is 4. The number of carbonyl (C=O) groups is 1. The first-order chi connectivity index (χ1) is 11.8. The average Bonchev–Trinajstić information content (AvgIpc) is 3.04. The first-order valence-electron chi connectivity index (χ1n) is 9.13. The van der Waals surface area contributed by atoms with Gasteiger partial charge >= 0.3 is 0 Å². The van der Waals surface area contributed by atoms with Crippen LogP contribution in [0.1, 0.15) is 32.4 Å². The van der Waals surface area contributed by atoms with E-state index in [1.807, 2.05) is 17.9 Å². The lowest BCUT2D eigenvalue weighted by molar-refractivity contribution is -0.945. The number of piperidine rings is 3. The number of fused-ring (bicyclic) bond motifs is 3. The molecule has 4 atom stereocenters. The van der Waals surface area contributed by atoms with Crippen LogP contribution in [-0.2, 0) is 16.9 Å². The van der Waals surface area contributed by atoms with E-state index in [4.69, 9.17) is 0 Å². The van der Waals surface area contributed by atoms with Gasteiger partial charge in [0.2, 0.25) is 5.91 Å². The maximum atomic E-state index is 12.7. The highest BCUT2D eigenvalue weighted by atomic mass is 16.3. The Morgan fingerprint density at radius 3 is 2.92 bits per heavy atom. The Morgan fingerprint density at radius 1 is 1.60 bits per heavy atom. The molecule has 2 N–H and O–H groups in total. The number of likely N-dealkylation sites (N-methyl/N-ethyl adjacent to an activating group) is 1. The summed E-state index contributed by atoms with van der Waals surface area (Å²) in [5.41, 5.74) is -0.373. The predicted octanol–water partition coefficient (Wildman–Crippen LogP) is -0.557. The summed E-state index contributed by atoms with van der Waals surface area (Å²) in [6.07, 6.45) is 5.78. The largest absolute Gasteiger partial charge is 0.384 e. The molecule has 4 rings (SSSR count). The number of aliphatic hydroxyl groups is 1. The molecule has 7 heteroatoms. The molecule has 7 nitrogen and oxygen atoms in total. The minimum Gasteiger partial charge on any atom is -0.384 e. The van der Waals surface area contributed by atoms with Gasteiger partial charge in [0.1, 0.15) is 17.3 Å². The lowest BCUT2D eigenvalue weighted by atomic mass is 9.75. The monoisotopic (exact) mass is 348 g/mol. The molecule has 0 aliphatic carbocycles. The van der Waals surface area contributed by atoms with Gasteiger partial charge in [-0.1, -0.05) is 11.3 Å². The van der Waals surface area contributed by atoms with Crippen LogP contribution in [0.15, 0.2) is 18.9 Å². The summed E-state index contributed by atoms with van der Waals surface area (Å²) in [5, 5.41) is 18.3. The molecule has 0 radical (unpaired) electrons. The second-order valence-corrected chi connectivity index (χ2v) is 8.09. The summed E-state index contributed by atoms with van der Waals surface area (Å²) in [5.74, 6) is 0.845. The van der Waals surface area contributed by atoms with Crippen LogP contribution < -0.4 is 4.90 Å². The number of nitrogens with zero attached hydrogens (tertiary/aromatic N) is 4. The summed E-state index contributed by atoms with van der Waals surface area (Å²) in [7, 11) is 1.86. The van der Waals surface area contributed by atoms with Gasteiger partial charge in [-0.25, -0.2) is 4.68 Å². The highest BCUT2D eigenvalue weighted by Gasteiger charge is 2.47. The van der Waals surface area contributed by atoms with Crippen molar-refractivity contribution in [2.24, 2.45) is 11.8 Å². The number of aromatic nitrogens is 3. The fraction of sp³-hybridized carbons (Fsp3) is 0.722. The SMILES string of the molecule is C=CCN(C)C(=O)[C@H]1C[NH+]2CC[C@@H]1C[C@@H]2Cn1cc(C(C)(C)O)nn1. The predicted molar refractivity (Wildman–Crippen MR) is 93.8 cm³/mol. The molecule has 3 fully saturated rings. The van der Waals surface area contributed by atoms with Crippen molar-refractivity contribution in [3.8, 4) is 0 Å². The Labute approximate surface area is 149 Å². The zero-order valence-corrected chi connectivity index (χ0v) is 15.5. The molecule has 1 unspecified atom stereocenters. The van der Waals surface area contributed by atoms with Gasteiger partial charge in [-0.2, -0.15) is 0 Å². The maximum absolute atomic E-state index is 12.7. The second-order valence-electron chi connectivity index (χ2n) is 8.09. The molecule has 3 aliphatic rings. The molecule has 1 amide bonds. The van der Waals surface area contributed by atoms with Crippen LogP contribution in [-0.4, -0.2) is 63.6 Å². The lowest BCUT2D eigenvalue weighted by Crippen LogP contribution is -3.20. The molecule has 0 saturated carbocycles. The van der Waals surface area contributed by atoms with E-state index in [0.29, 0.717) is 24.2 Å². The molecule has 4 heterocycles. The summed E-state index contributed by atoms with van der Waals surface area (Å²) in [6.45, 7) is 10.6. The molecule has 3 saturated heterocycles. The van der Waals surface area contributed by atoms with Gasteiger partial charge in [0.15, 0.2) is 0 Å². The quantitative estimate of drug-likeness (QED) is 0.676. The minimum atomic E-state index is -0.968. The minimum absolute atomic E-state index is 0.132. The van der Waals surface area contributed by atoms with E-state index < -0.39 is 5.60 Å². The molecular weight excluding hydrogens is 318 g/mol. The molecule has 25 heavy (non-hydrogen) atoms. The molecule has 1 aromatic heterocycles. The van der Waals surface area contributed by atoms with Gasteiger partial charge in [-0.15, -0.1) is 11.7 Å². The number of carbonyl (C=O) groups excluding carboxylic acids is 1. The fourth-order valence-corrected chi connectivity index (χ4v) is 4.26. The third-order valence-electron chi connectivity index (χ3n) is 5.72. The van der Waals surface area contributed by atoms with Crippen molar-refractivity contribution >= 4 is 5.91 Å². The normalized spacial score (nSPS) is 28.8. The van der Waals surface area contributed by atoms with Crippen molar-refractivity contribution in [3.63, 3.8) is 0 Å². The Kier molecular flexibility index (Phi) is 4.97. The van der Waals surface area contributed by atoms with Crippen LogP contribution in [0.5, 0.6) is 0 Å². The van der Waals surface area contributed by atoms with Gasteiger partial charge in [0, 0.05) is 26.4 Å². The zero-order valence-electron chi connectivity index (χ0n) is 15.5. The lowest BCUT2D eigenvalue weighted by Gasteiger charge is -2.46. The third-order valence-corrected chi connectivity index (χ3v) is 5.72. The summed E-state index contributed by atoms with van der Waals surface area (Å²) >= 11 is 0. The van der Waals surface area contributed by atoms with E-state index in [0.717, 1.165) is 32.5 Å². The van der Waals surface area contributed by atoms with E-state index in [2.05, 4.69) is 16.9 Å². The van der Waals surface area contributed by atoms with Crippen molar-refractivity contribution in [2.75, 3.05) is 26.7 Å². The van der Waals surface area contributed by atoms with E-state index in [9.17, 15) is 9.90 Å². The van der Waals surface area contributed by atoms with Crippen molar-refractivity contribution in [1.82, 2.24) is 19.9 Å². The highest BCUT2D eigenvalue weighted by molar-refractivity contribution is 5.79. The maximum Gasteiger partial charge on any atom is 0.231 e. The van der Waals surface area contributed by atoms with E-state index >= 15 is 0 Å². The number of amides is 1. The Balaban J connectivity index is 1.63. The topological polar surface area (TPSA) is 75.7 Å². The summed E-state index contributed by atoms with van der Waals surface area (Å²) in [6, 6.07) is 0.462. The van der Waals surface area contributed by atoms with Crippen molar-refractivity contribution in [2.45, 2.75) is 44.9 Å². The molecular formula is C18H30N5O2+. The number of rotatable bonds is 6. The molecule has 138 valence electrons. The summed E-state index contributed by atoms with van der Waals surface area (Å²) in [4.78, 5) is 16.0. The van der Waals surface area contributed by atoms with Crippen molar-refractivity contribution in [1.29, 1.82) is 0 Å². The average molecular weight is 348 g/mol. The van der Waals surface area contributed by atoms with Crippen LogP contribution in [0.3, 0.4) is 0 Å². The number of hydrogen-bond donors (Lipinski definition) is 2. The number of quaternary nitrogens is 1. The van der Waals surface area contributed by atoms with Crippen molar-refractivity contribution < 1.29 is 14.8 Å². The third kappa shape index (κ3) is 3.77. The van der Waals surface area contributed by atoms with Crippen molar-refractivity contribution in [3.05, 3.63) is 24.5 Å². The molecule has 3 aliphatic heterocycles. The van der Waals surface area contributed by atoms with Crippen LogP contribution >= 0.6 is 0 Å². The van der Waals surface area contributed by atoms with Crippen LogP contribution in [0, 0.1) is 11.8 Å². The van der Waals surface area contributed by atoms with Gasteiger partial charge in [-0.3, -0.25) is 4.79 Å². The Hall–Kier alpha value is -1.73. The van der Waals surface area contributed by atoms with Crippen LogP contribution in [0.2, 0.25) is 0 Å². The molecule has 0 aromatic carbocycles. The number of nitrogens with one attached hydrogen (secondary N) is 1. The zero-order chi connectivity index (χ0) is 18.2. The van der Waals surface area contributed by atoms with E-state index in [1.54, 1.807) is 24.8 Å². The van der Waals surface area contributed by atoms with Gasteiger partial charge < -0.3 is 14.9 Å². The molecule has 1 aromatic rings. The van der Waals surface area contributed by atoms with Gasteiger partial charge in [0.05, 0.1) is 31.7 Å². The fourth-order valence-electron chi connectivity index (χ4n) is 4.26. The smallest absolute Gasteiger partial charge is 0.231 e. The van der Waals surface area contributed by atoms with Crippen LogP contribution in [0.25, 0.3) is 0 Å². The Morgan fingerprint density at radius 2 is 2.36 bits per heavy atom. The molecule has 0 spiro atoms. The van der Waals surface area contributed by atoms with Gasteiger partial charge in [-0.05, 0) is 19.8 Å². The second kappa shape index (κ2) is 6.88. The van der Waals surface area contributed by atoms with E-state index in [1.165, 1.54) is 4.90 Å². The summed E-state index contributed by atoms with van der Waals surface area (Å²) < 4.78 is 1.84. The van der Waals surface area contributed by atoms with Gasteiger partial charge in [0.25, 0.3) is 0 Å².